The van der Waals surface area contributed by atoms with E-state index in [1.165, 1.54) is 7.11 Å². The summed E-state index contributed by atoms with van der Waals surface area (Å²) in [5.74, 6) is 4.32. The molecule has 3 nitrogen and oxygen atoms in total. The molecule has 0 aliphatic rings. The minimum absolute atomic E-state index is 0.0342. The molecule has 0 aliphatic heterocycles. The van der Waals surface area contributed by atoms with Crippen LogP contribution in [0.2, 0.25) is 0 Å². The minimum atomic E-state index is -0.538. The Balaban J connectivity index is 3.83. The van der Waals surface area contributed by atoms with Crippen LogP contribution < -0.4 is 0 Å². The SMILES string of the molecule is C/C=C(\C)C(C)OCC#CC(=O)OC. The molecule has 0 aliphatic carbocycles. The third-order valence-electron chi connectivity index (χ3n) is 1.88. The molecule has 0 fully saturated rings. The van der Waals surface area contributed by atoms with Crippen LogP contribution in [-0.4, -0.2) is 25.8 Å². The van der Waals surface area contributed by atoms with Crippen LogP contribution in [0, 0.1) is 11.8 Å². The second-order valence-corrected chi connectivity index (χ2v) is 2.78. The first-order chi connectivity index (χ1) is 6.61. The topological polar surface area (TPSA) is 35.5 Å². The Kier molecular flexibility index (Phi) is 6.51. The van der Waals surface area contributed by atoms with Gasteiger partial charge in [0.05, 0.1) is 13.2 Å². The summed E-state index contributed by atoms with van der Waals surface area (Å²) >= 11 is 0. The zero-order valence-electron chi connectivity index (χ0n) is 9.09. The van der Waals surface area contributed by atoms with E-state index < -0.39 is 5.97 Å². The highest BCUT2D eigenvalue weighted by Gasteiger charge is 2.01. The molecular weight excluding hydrogens is 180 g/mol. The number of carbonyl (C=O) groups excluding carboxylic acids is 1. The second-order valence-electron chi connectivity index (χ2n) is 2.78. The van der Waals surface area contributed by atoms with Crippen molar-refractivity contribution >= 4 is 5.97 Å². The highest BCUT2D eigenvalue weighted by molar-refractivity contribution is 5.88. The van der Waals surface area contributed by atoms with Crippen molar-refractivity contribution in [1.29, 1.82) is 0 Å². The summed E-state index contributed by atoms with van der Waals surface area (Å²) < 4.78 is 9.69. The van der Waals surface area contributed by atoms with E-state index >= 15 is 0 Å². The summed E-state index contributed by atoms with van der Waals surface area (Å²) in [4.78, 5) is 10.6. The number of carbonyl (C=O) groups is 1. The molecule has 0 saturated heterocycles. The van der Waals surface area contributed by atoms with Crippen molar-refractivity contribution in [2.24, 2.45) is 0 Å². The van der Waals surface area contributed by atoms with Crippen molar-refractivity contribution in [2.45, 2.75) is 26.9 Å². The van der Waals surface area contributed by atoms with Gasteiger partial charge in [-0.1, -0.05) is 12.0 Å². The largest absolute Gasteiger partial charge is 0.459 e. The Morgan fingerprint density at radius 2 is 2.21 bits per heavy atom. The van der Waals surface area contributed by atoms with Crippen LogP contribution in [0.15, 0.2) is 11.6 Å². The summed E-state index contributed by atoms with van der Waals surface area (Å²) in [5, 5.41) is 0. The van der Waals surface area contributed by atoms with E-state index in [-0.39, 0.29) is 12.7 Å². The van der Waals surface area contributed by atoms with Gasteiger partial charge in [0.15, 0.2) is 0 Å². The number of esters is 1. The standard InChI is InChI=1S/C11H16O3/c1-5-9(2)10(3)14-8-6-7-11(12)13-4/h5,10H,8H2,1-4H3/b9-5+. The van der Waals surface area contributed by atoms with Gasteiger partial charge < -0.3 is 9.47 Å². The molecule has 0 amide bonds. The second kappa shape index (κ2) is 7.16. The van der Waals surface area contributed by atoms with Crippen molar-refractivity contribution in [3.63, 3.8) is 0 Å². The summed E-state index contributed by atoms with van der Waals surface area (Å²) in [6, 6.07) is 0. The van der Waals surface area contributed by atoms with Gasteiger partial charge >= 0.3 is 5.97 Å². The van der Waals surface area contributed by atoms with Gasteiger partial charge in [0, 0.05) is 5.92 Å². The molecule has 3 heteroatoms. The van der Waals surface area contributed by atoms with E-state index in [1.54, 1.807) is 0 Å². The van der Waals surface area contributed by atoms with Crippen LogP contribution in [0.25, 0.3) is 0 Å². The Labute approximate surface area is 85.1 Å². The van der Waals surface area contributed by atoms with Gasteiger partial charge in [0.1, 0.15) is 6.61 Å². The molecule has 0 radical (unpaired) electrons. The van der Waals surface area contributed by atoms with Crippen LogP contribution in [-0.2, 0) is 14.3 Å². The number of ether oxygens (including phenoxy) is 2. The van der Waals surface area contributed by atoms with E-state index in [4.69, 9.17) is 4.74 Å². The minimum Gasteiger partial charge on any atom is -0.459 e. The number of methoxy groups -OCH3 is 1. The highest BCUT2D eigenvalue weighted by Crippen LogP contribution is 2.03. The Hall–Kier alpha value is -1.27. The monoisotopic (exact) mass is 196 g/mol. The van der Waals surface area contributed by atoms with Crippen LogP contribution in [0.1, 0.15) is 20.8 Å². The molecule has 1 unspecified atom stereocenters. The van der Waals surface area contributed by atoms with Gasteiger partial charge in [-0.3, -0.25) is 0 Å². The molecule has 0 aromatic heterocycles. The third kappa shape index (κ3) is 5.39. The molecule has 0 aromatic carbocycles. The average Bonchev–Trinajstić information content (AvgIpc) is 2.22. The predicted octanol–water partition coefficient (Wildman–Crippen LogP) is 1.53. The van der Waals surface area contributed by atoms with Crippen molar-refractivity contribution in [1.82, 2.24) is 0 Å². The first-order valence-electron chi connectivity index (χ1n) is 4.43. The van der Waals surface area contributed by atoms with Crippen molar-refractivity contribution in [2.75, 3.05) is 13.7 Å². The van der Waals surface area contributed by atoms with E-state index in [2.05, 4.69) is 16.6 Å². The van der Waals surface area contributed by atoms with Gasteiger partial charge in [0.2, 0.25) is 0 Å². The van der Waals surface area contributed by atoms with E-state index in [0.29, 0.717) is 0 Å². The van der Waals surface area contributed by atoms with Gasteiger partial charge in [-0.05, 0) is 26.3 Å². The van der Waals surface area contributed by atoms with Crippen molar-refractivity contribution in [3.05, 3.63) is 11.6 Å². The maximum atomic E-state index is 10.6. The molecule has 78 valence electrons. The fourth-order valence-electron chi connectivity index (χ4n) is 0.692. The third-order valence-corrected chi connectivity index (χ3v) is 1.88. The van der Waals surface area contributed by atoms with Gasteiger partial charge in [-0.2, -0.15) is 0 Å². The molecular formula is C11H16O3. The molecule has 0 bridgehead atoms. The lowest BCUT2D eigenvalue weighted by molar-refractivity contribution is -0.133. The Bertz CT molecular complexity index is 268. The summed E-state index contributed by atoms with van der Waals surface area (Å²) in [6.45, 7) is 6.12. The summed E-state index contributed by atoms with van der Waals surface area (Å²) in [5.41, 5.74) is 1.14. The molecule has 0 spiro atoms. The Morgan fingerprint density at radius 3 is 2.71 bits per heavy atom. The molecule has 0 heterocycles. The van der Waals surface area contributed by atoms with Gasteiger partial charge in [-0.25, -0.2) is 4.79 Å². The van der Waals surface area contributed by atoms with E-state index in [0.717, 1.165) is 5.57 Å². The van der Waals surface area contributed by atoms with Crippen LogP contribution in [0.3, 0.4) is 0 Å². The van der Waals surface area contributed by atoms with Crippen LogP contribution in [0.5, 0.6) is 0 Å². The molecule has 0 saturated carbocycles. The molecule has 0 rings (SSSR count). The average molecular weight is 196 g/mol. The molecule has 14 heavy (non-hydrogen) atoms. The lowest BCUT2D eigenvalue weighted by Gasteiger charge is -2.10. The maximum Gasteiger partial charge on any atom is 0.384 e. The maximum absolute atomic E-state index is 10.6. The fraction of sp³-hybridized carbons (Fsp3) is 0.545. The zero-order chi connectivity index (χ0) is 11.0. The van der Waals surface area contributed by atoms with E-state index in [9.17, 15) is 4.79 Å². The summed E-state index contributed by atoms with van der Waals surface area (Å²) in [6.07, 6.45) is 2.02. The lowest BCUT2D eigenvalue weighted by Crippen LogP contribution is -2.09. The fourth-order valence-corrected chi connectivity index (χ4v) is 0.692. The first-order valence-corrected chi connectivity index (χ1v) is 4.43. The molecule has 0 aromatic rings. The number of hydrogen-bond acceptors (Lipinski definition) is 3. The van der Waals surface area contributed by atoms with E-state index in [1.807, 2.05) is 26.8 Å². The first kappa shape index (κ1) is 12.7. The van der Waals surface area contributed by atoms with Crippen molar-refractivity contribution < 1.29 is 14.3 Å². The highest BCUT2D eigenvalue weighted by atomic mass is 16.5. The van der Waals surface area contributed by atoms with Crippen LogP contribution >= 0.6 is 0 Å². The number of hydrogen-bond donors (Lipinski definition) is 0. The normalized spacial score (nSPS) is 12.7. The summed E-state index contributed by atoms with van der Waals surface area (Å²) in [7, 11) is 1.30. The quantitative estimate of drug-likeness (QED) is 0.297. The van der Waals surface area contributed by atoms with Crippen molar-refractivity contribution in [3.8, 4) is 11.8 Å². The number of rotatable bonds is 3. The molecule has 1 atom stereocenters. The lowest BCUT2D eigenvalue weighted by atomic mass is 10.2. The van der Waals surface area contributed by atoms with Gasteiger partial charge in [-0.15, -0.1) is 0 Å². The Morgan fingerprint density at radius 1 is 1.57 bits per heavy atom. The number of allylic oxidation sites excluding steroid dienone is 1. The zero-order valence-corrected chi connectivity index (χ0v) is 9.09. The molecule has 0 N–H and O–H groups in total. The van der Waals surface area contributed by atoms with Gasteiger partial charge in [0.25, 0.3) is 0 Å². The van der Waals surface area contributed by atoms with Crippen LogP contribution in [0.4, 0.5) is 0 Å². The predicted molar refractivity (Wildman–Crippen MR) is 54.6 cm³/mol. The smallest absolute Gasteiger partial charge is 0.384 e.